The Balaban J connectivity index is 1.70. The van der Waals surface area contributed by atoms with Gasteiger partial charge in [-0.2, -0.15) is 13.2 Å². The number of carbonyl (C=O) groups is 1. The highest BCUT2D eigenvalue weighted by molar-refractivity contribution is 5.86. The van der Waals surface area contributed by atoms with E-state index in [1.807, 2.05) is 18.2 Å². The first-order chi connectivity index (χ1) is 14.3. The maximum atomic E-state index is 12.6. The van der Waals surface area contributed by atoms with Crippen LogP contribution in [0.2, 0.25) is 0 Å². The third-order valence-electron chi connectivity index (χ3n) is 4.47. The fourth-order valence-corrected chi connectivity index (χ4v) is 2.65. The average molecular weight is 421 g/mol. The molecule has 9 heteroatoms. The molecule has 0 atom stereocenters. The predicted octanol–water partition coefficient (Wildman–Crippen LogP) is 2.51. The van der Waals surface area contributed by atoms with E-state index in [0.717, 1.165) is 23.4 Å². The summed E-state index contributed by atoms with van der Waals surface area (Å²) in [6.07, 6.45) is -1.42. The SMILES string of the molecule is CN=C(NCCc1ccc(C(F)(F)F)cc1)NCC(=O)N(C)CCc1ccccn1. The molecule has 2 aromatic rings. The molecule has 0 saturated carbocycles. The lowest BCUT2D eigenvalue weighted by Gasteiger charge is -2.18. The van der Waals surface area contributed by atoms with Gasteiger partial charge in [-0.3, -0.25) is 14.8 Å². The van der Waals surface area contributed by atoms with Gasteiger partial charge in [0, 0.05) is 45.5 Å². The molecule has 6 nitrogen and oxygen atoms in total. The summed E-state index contributed by atoms with van der Waals surface area (Å²) < 4.78 is 37.8. The van der Waals surface area contributed by atoms with E-state index in [9.17, 15) is 18.0 Å². The molecule has 30 heavy (non-hydrogen) atoms. The Morgan fingerprint density at radius 1 is 1.10 bits per heavy atom. The van der Waals surface area contributed by atoms with Crippen molar-refractivity contribution in [1.29, 1.82) is 0 Å². The predicted molar refractivity (Wildman–Crippen MR) is 110 cm³/mol. The molecule has 2 N–H and O–H groups in total. The summed E-state index contributed by atoms with van der Waals surface area (Å²) in [5.74, 6) is 0.366. The van der Waals surface area contributed by atoms with E-state index >= 15 is 0 Å². The number of nitrogens with zero attached hydrogens (tertiary/aromatic N) is 3. The number of pyridine rings is 1. The zero-order valence-electron chi connectivity index (χ0n) is 17.0. The number of aromatic nitrogens is 1. The summed E-state index contributed by atoms with van der Waals surface area (Å²) in [5.41, 5.74) is 1.03. The second-order valence-corrected chi connectivity index (χ2v) is 6.68. The highest BCUT2D eigenvalue weighted by Gasteiger charge is 2.29. The molecule has 0 aliphatic heterocycles. The zero-order valence-corrected chi connectivity index (χ0v) is 17.0. The van der Waals surface area contributed by atoms with Gasteiger partial charge in [0.1, 0.15) is 0 Å². The van der Waals surface area contributed by atoms with E-state index in [-0.39, 0.29) is 12.5 Å². The highest BCUT2D eigenvalue weighted by Crippen LogP contribution is 2.29. The van der Waals surface area contributed by atoms with Crippen LogP contribution >= 0.6 is 0 Å². The van der Waals surface area contributed by atoms with Gasteiger partial charge in [-0.25, -0.2) is 0 Å². The first-order valence-corrected chi connectivity index (χ1v) is 9.54. The topological polar surface area (TPSA) is 69.6 Å². The van der Waals surface area contributed by atoms with Gasteiger partial charge in [0.2, 0.25) is 5.91 Å². The van der Waals surface area contributed by atoms with Crippen LogP contribution in [-0.4, -0.2) is 55.5 Å². The number of hydrogen-bond acceptors (Lipinski definition) is 3. The Hall–Kier alpha value is -3.10. The number of rotatable bonds is 8. The third-order valence-corrected chi connectivity index (χ3v) is 4.47. The van der Waals surface area contributed by atoms with Crippen LogP contribution in [0.4, 0.5) is 13.2 Å². The van der Waals surface area contributed by atoms with Gasteiger partial charge >= 0.3 is 6.18 Å². The van der Waals surface area contributed by atoms with Crippen LogP contribution in [0.5, 0.6) is 0 Å². The average Bonchev–Trinajstić information content (AvgIpc) is 2.74. The number of hydrogen-bond donors (Lipinski definition) is 2. The molecule has 0 bridgehead atoms. The fourth-order valence-electron chi connectivity index (χ4n) is 2.65. The summed E-state index contributed by atoms with van der Waals surface area (Å²) in [6.45, 7) is 1.10. The second-order valence-electron chi connectivity index (χ2n) is 6.68. The van der Waals surface area contributed by atoms with Crippen molar-refractivity contribution in [2.45, 2.75) is 19.0 Å². The van der Waals surface area contributed by atoms with Crippen LogP contribution in [0.1, 0.15) is 16.8 Å². The molecule has 0 saturated heterocycles. The van der Waals surface area contributed by atoms with E-state index in [4.69, 9.17) is 0 Å². The zero-order chi connectivity index (χ0) is 22.0. The standard InChI is InChI=1S/C21H26F3N5O/c1-25-20(27-13-10-16-6-8-17(9-7-16)21(22,23)24)28-15-19(30)29(2)14-11-18-5-3-4-12-26-18/h3-9,12H,10-11,13-15H2,1-2H3,(H2,25,27,28). The summed E-state index contributed by atoms with van der Waals surface area (Å²) >= 11 is 0. The van der Waals surface area contributed by atoms with Crippen LogP contribution in [0.15, 0.2) is 53.7 Å². The van der Waals surface area contributed by atoms with Gasteiger partial charge in [0.15, 0.2) is 5.96 Å². The molecule has 0 unspecified atom stereocenters. The molecule has 1 heterocycles. The van der Waals surface area contributed by atoms with E-state index in [2.05, 4.69) is 20.6 Å². The van der Waals surface area contributed by atoms with Gasteiger partial charge in [-0.15, -0.1) is 0 Å². The molecule has 0 radical (unpaired) electrons. The quantitative estimate of drug-likeness (QED) is 0.508. The lowest BCUT2D eigenvalue weighted by molar-refractivity contribution is -0.137. The Morgan fingerprint density at radius 3 is 2.43 bits per heavy atom. The fraction of sp³-hybridized carbons (Fsp3) is 0.381. The van der Waals surface area contributed by atoms with Gasteiger partial charge in [0.05, 0.1) is 12.1 Å². The number of alkyl halides is 3. The van der Waals surface area contributed by atoms with Crippen LogP contribution in [-0.2, 0) is 23.8 Å². The van der Waals surface area contributed by atoms with Crippen molar-refractivity contribution >= 4 is 11.9 Å². The largest absolute Gasteiger partial charge is 0.416 e. The number of guanidine groups is 1. The summed E-state index contributed by atoms with van der Waals surface area (Å²) in [4.78, 5) is 22.2. The van der Waals surface area contributed by atoms with E-state index in [1.165, 1.54) is 12.1 Å². The maximum Gasteiger partial charge on any atom is 0.416 e. The molecule has 1 aromatic heterocycles. The molecular weight excluding hydrogens is 395 g/mol. The van der Waals surface area contributed by atoms with E-state index < -0.39 is 11.7 Å². The van der Waals surface area contributed by atoms with Crippen molar-refractivity contribution in [3.8, 4) is 0 Å². The minimum Gasteiger partial charge on any atom is -0.356 e. The molecule has 0 fully saturated rings. The second kappa shape index (κ2) is 11.2. The number of amides is 1. The van der Waals surface area contributed by atoms with Gasteiger partial charge < -0.3 is 15.5 Å². The summed E-state index contributed by atoms with van der Waals surface area (Å²) in [7, 11) is 3.32. The number of nitrogens with one attached hydrogen (secondary N) is 2. The minimum atomic E-state index is -4.33. The Labute approximate surface area is 174 Å². The minimum absolute atomic E-state index is 0.0820. The van der Waals surface area contributed by atoms with E-state index in [0.29, 0.717) is 31.9 Å². The van der Waals surface area contributed by atoms with Crippen molar-refractivity contribution < 1.29 is 18.0 Å². The van der Waals surface area contributed by atoms with Crippen molar-refractivity contribution in [2.24, 2.45) is 4.99 Å². The first kappa shape index (κ1) is 23.2. The molecule has 1 amide bonds. The van der Waals surface area contributed by atoms with Gasteiger partial charge in [-0.05, 0) is 36.2 Å². The normalized spacial score (nSPS) is 11.8. The lowest BCUT2D eigenvalue weighted by atomic mass is 10.1. The van der Waals surface area contributed by atoms with Crippen molar-refractivity contribution in [3.63, 3.8) is 0 Å². The number of likely N-dealkylation sites (N-methyl/N-ethyl adjacent to an activating group) is 1. The van der Waals surface area contributed by atoms with E-state index in [1.54, 1.807) is 25.2 Å². The Morgan fingerprint density at radius 2 is 1.83 bits per heavy atom. The van der Waals surface area contributed by atoms with Crippen LogP contribution in [0.25, 0.3) is 0 Å². The van der Waals surface area contributed by atoms with Crippen molar-refractivity contribution in [2.75, 3.05) is 33.7 Å². The highest BCUT2D eigenvalue weighted by atomic mass is 19.4. The lowest BCUT2D eigenvalue weighted by Crippen LogP contribution is -2.44. The van der Waals surface area contributed by atoms with Crippen molar-refractivity contribution in [1.82, 2.24) is 20.5 Å². The number of aliphatic imine (C=N–C) groups is 1. The molecule has 2 rings (SSSR count). The molecule has 0 spiro atoms. The molecule has 0 aliphatic carbocycles. The summed E-state index contributed by atoms with van der Waals surface area (Å²) in [5, 5.41) is 6.00. The smallest absolute Gasteiger partial charge is 0.356 e. The number of halogens is 3. The third kappa shape index (κ3) is 7.73. The molecular formula is C21H26F3N5O. The Kier molecular flexibility index (Phi) is 8.64. The number of carbonyl (C=O) groups excluding carboxylic acids is 1. The number of benzene rings is 1. The van der Waals surface area contributed by atoms with Gasteiger partial charge in [0.25, 0.3) is 0 Å². The van der Waals surface area contributed by atoms with Crippen LogP contribution in [0, 0.1) is 0 Å². The first-order valence-electron chi connectivity index (χ1n) is 9.54. The maximum absolute atomic E-state index is 12.6. The van der Waals surface area contributed by atoms with Crippen LogP contribution < -0.4 is 10.6 Å². The molecule has 1 aromatic carbocycles. The van der Waals surface area contributed by atoms with Crippen LogP contribution in [0.3, 0.4) is 0 Å². The Bertz CT molecular complexity index is 823. The monoisotopic (exact) mass is 421 g/mol. The van der Waals surface area contributed by atoms with Crippen molar-refractivity contribution in [3.05, 3.63) is 65.5 Å². The summed E-state index contributed by atoms with van der Waals surface area (Å²) in [6, 6.07) is 10.7. The molecule has 0 aliphatic rings. The van der Waals surface area contributed by atoms with Gasteiger partial charge in [-0.1, -0.05) is 18.2 Å². The molecule has 162 valence electrons.